The quantitative estimate of drug-likeness (QED) is 0.669. The van der Waals surface area contributed by atoms with E-state index < -0.39 is 21.8 Å². The fraction of sp³-hybridized carbons (Fsp3) is 0.158. The highest BCUT2D eigenvalue weighted by Gasteiger charge is 2.39. The summed E-state index contributed by atoms with van der Waals surface area (Å²) in [5.74, 6) is -1.15. The molecule has 4 rings (SSSR count). The van der Waals surface area contributed by atoms with Gasteiger partial charge in [-0.3, -0.25) is 14.9 Å². The highest BCUT2D eigenvalue weighted by atomic mass is 32.2. The van der Waals surface area contributed by atoms with Crippen molar-refractivity contribution >= 4 is 38.3 Å². The number of carbonyl (C=O) groups is 2. The van der Waals surface area contributed by atoms with Gasteiger partial charge in [0, 0.05) is 24.4 Å². The molecule has 1 unspecified atom stereocenters. The van der Waals surface area contributed by atoms with Crippen molar-refractivity contribution in [2.75, 3.05) is 11.9 Å². The first-order valence-electron chi connectivity index (χ1n) is 8.73. The van der Waals surface area contributed by atoms with E-state index in [9.17, 15) is 18.0 Å². The van der Waals surface area contributed by atoms with Gasteiger partial charge < -0.3 is 0 Å². The van der Waals surface area contributed by atoms with Crippen molar-refractivity contribution in [2.24, 2.45) is 0 Å². The zero-order valence-corrected chi connectivity index (χ0v) is 16.7. The van der Waals surface area contributed by atoms with E-state index in [2.05, 4.69) is 15.5 Å². The minimum absolute atomic E-state index is 0.0758. The molecule has 2 amide bonds. The average molecular weight is 428 g/mol. The summed E-state index contributed by atoms with van der Waals surface area (Å²) in [6.07, 6.45) is 0.125. The van der Waals surface area contributed by atoms with E-state index in [-0.39, 0.29) is 29.3 Å². The van der Waals surface area contributed by atoms with E-state index in [0.717, 1.165) is 21.2 Å². The van der Waals surface area contributed by atoms with Crippen LogP contribution in [0.15, 0.2) is 65.0 Å². The van der Waals surface area contributed by atoms with Gasteiger partial charge >= 0.3 is 0 Å². The third-order valence-electron chi connectivity index (χ3n) is 4.62. The molecule has 1 atom stereocenters. The SMILES string of the molecule is O=C(Nc1nncs1)c1cccc(S(=O)(=O)N2CC(c3ccccc3)CC2=O)c1. The Hall–Kier alpha value is -3.11. The highest BCUT2D eigenvalue weighted by molar-refractivity contribution is 7.89. The van der Waals surface area contributed by atoms with Crippen molar-refractivity contribution in [2.45, 2.75) is 17.2 Å². The van der Waals surface area contributed by atoms with Gasteiger partial charge in [0.05, 0.1) is 4.90 Å². The maximum Gasteiger partial charge on any atom is 0.266 e. The van der Waals surface area contributed by atoms with Crippen molar-refractivity contribution in [1.29, 1.82) is 0 Å². The molecule has 0 bridgehead atoms. The lowest BCUT2D eigenvalue weighted by molar-refractivity contribution is -0.123. The molecule has 0 spiro atoms. The van der Waals surface area contributed by atoms with Gasteiger partial charge in [-0.1, -0.05) is 47.7 Å². The number of nitrogens with one attached hydrogen (secondary N) is 1. The topological polar surface area (TPSA) is 109 Å². The maximum atomic E-state index is 13.1. The normalized spacial score (nSPS) is 16.8. The lowest BCUT2D eigenvalue weighted by Crippen LogP contribution is -2.32. The lowest BCUT2D eigenvalue weighted by atomic mass is 9.99. The molecule has 0 saturated carbocycles. The molecule has 0 aliphatic carbocycles. The first-order valence-corrected chi connectivity index (χ1v) is 11.1. The summed E-state index contributed by atoms with van der Waals surface area (Å²) in [7, 11) is -4.07. The van der Waals surface area contributed by atoms with Crippen molar-refractivity contribution in [1.82, 2.24) is 14.5 Å². The summed E-state index contributed by atoms with van der Waals surface area (Å²) in [5, 5.41) is 10.2. The Kier molecular flexibility index (Phi) is 5.12. The van der Waals surface area contributed by atoms with Crippen molar-refractivity contribution in [3.63, 3.8) is 0 Å². The van der Waals surface area contributed by atoms with Crippen LogP contribution in [0.5, 0.6) is 0 Å². The second-order valence-electron chi connectivity index (χ2n) is 6.47. The zero-order chi connectivity index (χ0) is 20.4. The van der Waals surface area contributed by atoms with Crippen LogP contribution in [-0.4, -0.2) is 41.3 Å². The number of amides is 2. The monoisotopic (exact) mass is 428 g/mol. The van der Waals surface area contributed by atoms with Crippen molar-refractivity contribution in [3.8, 4) is 0 Å². The number of sulfonamides is 1. The van der Waals surface area contributed by atoms with Crippen LogP contribution in [0.3, 0.4) is 0 Å². The Labute approximate surface area is 171 Å². The molecule has 2 heterocycles. The summed E-state index contributed by atoms with van der Waals surface area (Å²) >= 11 is 1.15. The van der Waals surface area contributed by atoms with Gasteiger partial charge in [0.15, 0.2) is 0 Å². The molecule has 1 aromatic heterocycles. The molecular formula is C19H16N4O4S2. The molecule has 1 aliphatic heterocycles. The average Bonchev–Trinajstić information content (AvgIpc) is 3.38. The molecule has 0 radical (unpaired) electrons. The summed E-state index contributed by atoms with van der Waals surface area (Å²) in [4.78, 5) is 24.7. The fourth-order valence-corrected chi connectivity index (χ4v) is 5.12. The summed E-state index contributed by atoms with van der Waals surface area (Å²) < 4.78 is 27.0. The smallest absolute Gasteiger partial charge is 0.266 e. The van der Waals surface area contributed by atoms with Crippen molar-refractivity contribution < 1.29 is 18.0 Å². The molecule has 2 aromatic carbocycles. The Bertz CT molecular complexity index is 1150. The number of rotatable bonds is 5. The number of hydrogen-bond donors (Lipinski definition) is 1. The minimum atomic E-state index is -4.07. The van der Waals surface area contributed by atoms with E-state index in [1.807, 2.05) is 30.3 Å². The summed E-state index contributed by atoms with van der Waals surface area (Å²) in [6, 6.07) is 14.9. The van der Waals surface area contributed by atoms with Gasteiger partial charge in [-0.2, -0.15) is 0 Å². The number of hydrogen-bond acceptors (Lipinski definition) is 7. The van der Waals surface area contributed by atoms with Crippen LogP contribution in [0.25, 0.3) is 0 Å². The first kappa shape index (κ1) is 19.2. The third-order valence-corrected chi connectivity index (χ3v) is 7.01. The second kappa shape index (κ2) is 7.72. The second-order valence-corrected chi connectivity index (χ2v) is 9.16. The van der Waals surface area contributed by atoms with Crippen LogP contribution < -0.4 is 5.32 Å². The van der Waals surface area contributed by atoms with Crippen LogP contribution in [-0.2, 0) is 14.8 Å². The molecule has 10 heteroatoms. The van der Waals surface area contributed by atoms with Crippen LogP contribution in [0.4, 0.5) is 5.13 Å². The molecule has 8 nitrogen and oxygen atoms in total. The van der Waals surface area contributed by atoms with Gasteiger partial charge in [0.25, 0.3) is 15.9 Å². The number of aromatic nitrogens is 2. The maximum absolute atomic E-state index is 13.1. The van der Waals surface area contributed by atoms with E-state index in [0.29, 0.717) is 5.13 Å². The van der Waals surface area contributed by atoms with E-state index in [4.69, 9.17) is 0 Å². The first-order chi connectivity index (χ1) is 13.9. The van der Waals surface area contributed by atoms with Gasteiger partial charge in [-0.15, -0.1) is 10.2 Å². The number of anilines is 1. The molecule has 1 fully saturated rings. The Morgan fingerprint density at radius 2 is 1.93 bits per heavy atom. The Balaban J connectivity index is 1.57. The molecule has 3 aromatic rings. The largest absolute Gasteiger partial charge is 0.296 e. The molecular weight excluding hydrogens is 412 g/mol. The molecule has 1 N–H and O–H groups in total. The number of carbonyl (C=O) groups excluding carboxylic acids is 2. The van der Waals surface area contributed by atoms with Crippen LogP contribution in [0.1, 0.15) is 28.3 Å². The van der Waals surface area contributed by atoms with Gasteiger partial charge in [-0.25, -0.2) is 12.7 Å². The van der Waals surface area contributed by atoms with Crippen LogP contribution >= 0.6 is 11.3 Å². The van der Waals surface area contributed by atoms with Gasteiger partial charge in [0.1, 0.15) is 5.51 Å². The van der Waals surface area contributed by atoms with Gasteiger partial charge in [-0.05, 0) is 23.8 Å². The zero-order valence-electron chi connectivity index (χ0n) is 15.1. The number of benzene rings is 2. The third kappa shape index (κ3) is 3.89. The lowest BCUT2D eigenvalue weighted by Gasteiger charge is -2.17. The minimum Gasteiger partial charge on any atom is -0.296 e. The predicted molar refractivity (Wildman–Crippen MR) is 107 cm³/mol. The molecule has 1 aliphatic rings. The summed E-state index contributed by atoms with van der Waals surface area (Å²) in [6.45, 7) is 0.0758. The number of nitrogens with zero attached hydrogens (tertiary/aromatic N) is 3. The highest BCUT2D eigenvalue weighted by Crippen LogP contribution is 2.32. The Morgan fingerprint density at radius 1 is 1.14 bits per heavy atom. The van der Waals surface area contributed by atoms with Crippen LogP contribution in [0, 0.1) is 0 Å². The predicted octanol–water partition coefficient (Wildman–Crippen LogP) is 2.50. The fourth-order valence-electron chi connectivity index (χ4n) is 3.18. The Morgan fingerprint density at radius 3 is 2.66 bits per heavy atom. The van der Waals surface area contributed by atoms with Crippen molar-refractivity contribution in [3.05, 3.63) is 71.2 Å². The van der Waals surface area contributed by atoms with E-state index in [1.54, 1.807) is 0 Å². The van der Waals surface area contributed by atoms with Gasteiger partial charge in [0.2, 0.25) is 11.0 Å². The molecule has 1 saturated heterocycles. The van der Waals surface area contributed by atoms with E-state index >= 15 is 0 Å². The molecule has 148 valence electrons. The van der Waals surface area contributed by atoms with Crippen LogP contribution in [0.2, 0.25) is 0 Å². The standard InChI is InChI=1S/C19H16N4O4S2/c24-17-10-15(13-5-2-1-3-6-13)11-23(17)29(26,27)16-8-4-7-14(9-16)18(25)21-19-22-20-12-28-19/h1-9,12,15H,10-11H2,(H,21,22,25). The van der Waals surface area contributed by atoms with E-state index in [1.165, 1.54) is 29.8 Å². The summed E-state index contributed by atoms with van der Waals surface area (Å²) in [5.41, 5.74) is 2.54. The molecule has 29 heavy (non-hydrogen) atoms.